The molecule has 1 aliphatic heterocycles. The molecule has 0 saturated carbocycles. The van der Waals surface area contributed by atoms with E-state index in [0.29, 0.717) is 17.9 Å². The Bertz CT molecular complexity index is 389. The van der Waals surface area contributed by atoms with Gasteiger partial charge in [0.2, 0.25) is 0 Å². The first-order chi connectivity index (χ1) is 6.72. The summed E-state index contributed by atoms with van der Waals surface area (Å²) in [5, 5.41) is 13.4. The molecule has 1 heterocycles. The second-order valence-corrected chi connectivity index (χ2v) is 2.67. The highest BCUT2D eigenvalue weighted by Crippen LogP contribution is 2.11. The zero-order valence-corrected chi connectivity index (χ0v) is 8.23. The van der Waals surface area contributed by atoms with Gasteiger partial charge in [0.05, 0.1) is 0 Å². The maximum Gasteiger partial charge on any atom is 0.169 e. The SMILES string of the molecule is C#CC1=C(CC)C(=N)NC(NC)=C=N1. The van der Waals surface area contributed by atoms with Crippen molar-refractivity contribution >= 4 is 11.7 Å². The summed E-state index contributed by atoms with van der Waals surface area (Å²) in [7, 11) is 1.73. The first kappa shape index (κ1) is 10.1. The Morgan fingerprint density at radius 3 is 2.93 bits per heavy atom. The standard InChI is InChI=1S/C10H12N4/c1-4-7-8(5-2)13-6-9(12-3)14-10(7)11/h2,12H,4H2,1,3H3,(H2,11,14). The van der Waals surface area contributed by atoms with Crippen LogP contribution in [0, 0.1) is 17.8 Å². The van der Waals surface area contributed by atoms with E-state index in [-0.39, 0.29) is 5.84 Å². The van der Waals surface area contributed by atoms with Crippen molar-refractivity contribution in [2.75, 3.05) is 7.05 Å². The smallest absolute Gasteiger partial charge is 0.169 e. The van der Waals surface area contributed by atoms with Crippen molar-refractivity contribution < 1.29 is 0 Å². The summed E-state index contributed by atoms with van der Waals surface area (Å²) in [5.74, 6) is 5.98. The highest BCUT2D eigenvalue weighted by atomic mass is 15.1. The maximum atomic E-state index is 7.73. The molecular weight excluding hydrogens is 176 g/mol. The van der Waals surface area contributed by atoms with Crippen LogP contribution in [-0.2, 0) is 0 Å². The third kappa shape index (κ3) is 1.85. The number of hydrogen-bond donors (Lipinski definition) is 3. The van der Waals surface area contributed by atoms with Gasteiger partial charge in [0.15, 0.2) is 5.82 Å². The van der Waals surface area contributed by atoms with Crippen LogP contribution in [-0.4, -0.2) is 18.8 Å². The zero-order chi connectivity index (χ0) is 10.6. The number of aliphatic imine (C=N–C) groups is 1. The van der Waals surface area contributed by atoms with Crippen LogP contribution in [0.4, 0.5) is 0 Å². The summed E-state index contributed by atoms with van der Waals surface area (Å²) < 4.78 is 0. The molecule has 0 fully saturated rings. The summed E-state index contributed by atoms with van der Waals surface area (Å²) in [6.45, 7) is 1.93. The number of hydrogen-bond acceptors (Lipinski definition) is 3. The van der Waals surface area contributed by atoms with Crippen molar-refractivity contribution in [3.05, 3.63) is 17.1 Å². The summed E-state index contributed by atoms with van der Waals surface area (Å²) in [6, 6.07) is 0. The highest BCUT2D eigenvalue weighted by Gasteiger charge is 2.12. The van der Waals surface area contributed by atoms with Gasteiger partial charge < -0.3 is 10.6 Å². The Kier molecular flexibility index (Phi) is 3.11. The van der Waals surface area contributed by atoms with Crippen LogP contribution in [0.3, 0.4) is 0 Å². The highest BCUT2D eigenvalue weighted by molar-refractivity contribution is 6.00. The summed E-state index contributed by atoms with van der Waals surface area (Å²) in [6.07, 6.45) is 5.97. The Hall–Kier alpha value is -1.98. The van der Waals surface area contributed by atoms with E-state index in [1.807, 2.05) is 6.92 Å². The van der Waals surface area contributed by atoms with Crippen molar-refractivity contribution in [1.82, 2.24) is 10.6 Å². The van der Waals surface area contributed by atoms with Crippen LogP contribution in [0.5, 0.6) is 0 Å². The summed E-state index contributed by atoms with van der Waals surface area (Å²) >= 11 is 0. The molecule has 72 valence electrons. The molecule has 0 aliphatic carbocycles. The lowest BCUT2D eigenvalue weighted by Crippen LogP contribution is -2.30. The van der Waals surface area contributed by atoms with Gasteiger partial charge in [-0.15, -0.1) is 6.42 Å². The fourth-order valence-corrected chi connectivity index (χ4v) is 1.11. The molecule has 0 saturated heterocycles. The number of terminal acetylenes is 1. The molecule has 3 N–H and O–H groups in total. The van der Waals surface area contributed by atoms with Crippen LogP contribution in [0.25, 0.3) is 0 Å². The topological polar surface area (TPSA) is 60.3 Å². The molecule has 1 aliphatic rings. The van der Waals surface area contributed by atoms with E-state index in [1.54, 1.807) is 7.05 Å². The van der Waals surface area contributed by atoms with E-state index in [0.717, 1.165) is 5.57 Å². The van der Waals surface area contributed by atoms with Crippen LogP contribution < -0.4 is 10.6 Å². The van der Waals surface area contributed by atoms with Gasteiger partial charge in [-0.2, -0.15) is 4.99 Å². The lowest BCUT2D eigenvalue weighted by atomic mass is 10.1. The van der Waals surface area contributed by atoms with Crippen molar-refractivity contribution in [2.45, 2.75) is 13.3 Å². The van der Waals surface area contributed by atoms with Crippen molar-refractivity contribution in [3.8, 4) is 12.3 Å². The number of nitrogens with one attached hydrogen (secondary N) is 3. The average Bonchev–Trinajstić information content (AvgIpc) is 2.36. The molecule has 0 amide bonds. The molecule has 1 rings (SSSR count). The van der Waals surface area contributed by atoms with Crippen LogP contribution in [0.1, 0.15) is 13.3 Å². The monoisotopic (exact) mass is 188 g/mol. The van der Waals surface area contributed by atoms with E-state index in [1.165, 1.54) is 0 Å². The third-order valence-electron chi connectivity index (χ3n) is 1.86. The molecule has 14 heavy (non-hydrogen) atoms. The predicted octanol–water partition coefficient (Wildman–Crippen LogP) is 0.595. The van der Waals surface area contributed by atoms with Gasteiger partial charge in [0.1, 0.15) is 11.5 Å². The van der Waals surface area contributed by atoms with Gasteiger partial charge >= 0.3 is 0 Å². The van der Waals surface area contributed by atoms with E-state index >= 15 is 0 Å². The summed E-state index contributed by atoms with van der Waals surface area (Å²) in [5.41, 5.74) is 1.19. The number of rotatable bonds is 2. The van der Waals surface area contributed by atoms with E-state index in [4.69, 9.17) is 11.8 Å². The fourth-order valence-electron chi connectivity index (χ4n) is 1.11. The molecule has 0 aromatic heterocycles. The Morgan fingerprint density at radius 1 is 1.71 bits per heavy atom. The molecule has 0 unspecified atom stereocenters. The second kappa shape index (κ2) is 4.31. The first-order valence-electron chi connectivity index (χ1n) is 4.30. The van der Waals surface area contributed by atoms with E-state index in [2.05, 4.69) is 27.4 Å². The zero-order valence-electron chi connectivity index (χ0n) is 8.23. The number of amidine groups is 1. The summed E-state index contributed by atoms with van der Waals surface area (Å²) in [4.78, 5) is 3.99. The van der Waals surface area contributed by atoms with Crippen molar-refractivity contribution in [1.29, 1.82) is 5.41 Å². The quantitative estimate of drug-likeness (QED) is 0.555. The Morgan fingerprint density at radius 2 is 2.43 bits per heavy atom. The van der Waals surface area contributed by atoms with Gasteiger partial charge in [-0.05, 0) is 12.3 Å². The number of allylic oxidation sites excluding steroid dienone is 1. The second-order valence-electron chi connectivity index (χ2n) is 2.67. The molecule has 0 aromatic carbocycles. The van der Waals surface area contributed by atoms with E-state index in [9.17, 15) is 0 Å². The molecule has 4 nitrogen and oxygen atoms in total. The molecular formula is C10H12N4. The van der Waals surface area contributed by atoms with Gasteiger partial charge in [0.25, 0.3) is 0 Å². The normalized spacial score (nSPS) is 15.5. The van der Waals surface area contributed by atoms with Gasteiger partial charge in [-0.1, -0.05) is 6.92 Å². The molecule has 0 bridgehead atoms. The van der Waals surface area contributed by atoms with Crippen LogP contribution >= 0.6 is 0 Å². The largest absolute Gasteiger partial charge is 0.367 e. The molecule has 0 spiro atoms. The first-order valence-corrected chi connectivity index (χ1v) is 4.30. The lowest BCUT2D eigenvalue weighted by molar-refractivity contribution is 0.907. The van der Waals surface area contributed by atoms with Crippen molar-refractivity contribution in [2.24, 2.45) is 4.99 Å². The average molecular weight is 188 g/mol. The third-order valence-corrected chi connectivity index (χ3v) is 1.86. The van der Waals surface area contributed by atoms with Crippen LogP contribution in [0.15, 0.2) is 22.1 Å². The van der Waals surface area contributed by atoms with Crippen molar-refractivity contribution in [3.63, 3.8) is 0 Å². The Balaban J connectivity index is 3.22. The molecule has 0 aromatic rings. The number of nitrogens with zero attached hydrogens (tertiary/aromatic N) is 1. The lowest BCUT2D eigenvalue weighted by Gasteiger charge is -2.08. The maximum absolute atomic E-state index is 7.73. The van der Waals surface area contributed by atoms with Gasteiger partial charge in [-0.3, -0.25) is 5.41 Å². The van der Waals surface area contributed by atoms with Crippen LogP contribution in [0.2, 0.25) is 0 Å². The minimum absolute atomic E-state index is 0.276. The Labute approximate surface area is 83.3 Å². The van der Waals surface area contributed by atoms with Gasteiger partial charge in [-0.25, -0.2) is 0 Å². The molecule has 0 atom stereocenters. The predicted molar refractivity (Wildman–Crippen MR) is 57.0 cm³/mol. The minimum atomic E-state index is 0.276. The fraction of sp³-hybridized carbons (Fsp3) is 0.300. The van der Waals surface area contributed by atoms with E-state index < -0.39 is 0 Å². The minimum Gasteiger partial charge on any atom is -0.367 e. The molecule has 4 heteroatoms. The van der Waals surface area contributed by atoms with Gasteiger partial charge in [0, 0.05) is 18.5 Å². The molecule has 0 radical (unpaired) electrons.